The summed E-state index contributed by atoms with van der Waals surface area (Å²) >= 11 is 2.62. The summed E-state index contributed by atoms with van der Waals surface area (Å²) in [5, 5.41) is 17.7. The minimum atomic E-state index is 0.456. The summed E-state index contributed by atoms with van der Waals surface area (Å²) in [5.74, 6) is 0. The number of thioether (sulfide) groups is 2. The van der Waals surface area contributed by atoms with E-state index in [1.807, 2.05) is 42.5 Å². The van der Waals surface area contributed by atoms with Crippen molar-refractivity contribution in [1.82, 2.24) is 0 Å². The maximum Gasteiger partial charge on any atom is 0.142 e. The first-order valence-corrected chi connectivity index (χ1v) is 7.17. The number of carbonyl (C=O) groups is 1. The van der Waals surface area contributed by atoms with Crippen molar-refractivity contribution in [3.8, 4) is 12.1 Å². The van der Waals surface area contributed by atoms with Crippen molar-refractivity contribution >= 4 is 29.8 Å². The van der Waals surface area contributed by atoms with Gasteiger partial charge in [-0.3, -0.25) is 4.79 Å². The lowest BCUT2D eigenvalue weighted by atomic mass is 10.4. The van der Waals surface area contributed by atoms with Crippen LogP contribution in [-0.4, -0.2) is 6.29 Å². The molecule has 98 valence electrons. The van der Waals surface area contributed by atoms with E-state index in [-0.39, 0.29) is 0 Å². The van der Waals surface area contributed by atoms with Crippen LogP contribution in [0.3, 0.4) is 0 Å². The smallest absolute Gasteiger partial charge is 0.142 e. The Kier molecular flexibility index (Phi) is 7.67. The number of aldehydes is 1. The number of nitrogens with zero attached hydrogens (tertiary/aromatic N) is 2. The standard InChI is InChI=1S/C15H10N2OS2/c16-11-13-14(12-17)20-15(19-13)9-7-5-3-1-2-4-6-8-10-18/h1-10H/b3-1+,4-2+,7-5+,8-6+. The van der Waals surface area contributed by atoms with Crippen LogP contribution in [0.15, 0.2) is 68.7 Å². The number of allylic oxidation sites excluding steroid dienone is 11. The Morgan fingerprint density at radius 2 is 1.20 bits per heavy atom. The second-order valence-corrected chi connectivity index (χ2v) is 5.61. The molecule has 3 nitrogen and oxygen atoms in total. The molecule has 0 aromatic heterocycles. The van der Waals surface area contributed by atoms with Gasteiger partial charge in [0.05, 0.1) is 4.24 Å². The highest BCUT2D eigenvalue weighted by molar-refractivity contribution is 8.28. The zero-order valence-corrected chi connectivity index (χ0v) is 12.0. The van der Waals surface area contributed by atoms with Crippen molar-refractivity contribution in [2.24, 2.45) is 0 Å². The van der Waals surface area contributed by atoms with Gasteiger partial charge in [0.1, 0.15) is 28.2 Å². The summed E-state index contributed by atoms with van der Waals surface area (Å²) in [7, 11) is 0. The lowest BCUT2D eigenvalue weighted by molar-refractivity contribution is -0.104. The van der Waals surface area contributed by atoms with E-state index in [9.17, 15) is 4.79 Å². The van der Waals surface area contributed by atoms with Gasteiger partial charge >= 0.3 is 0 Å². The molecular weight excluding hydrogens is 288 g/mol. The quantitative estimate of drug-likeness (QED) is 0.436. The third kappa shape index (κ3) is 5.62. The zero-order chi connectivity index (χ0) is 14.6. The number of rotatable bonds is 5. The second kappa shape index (κ2) is 9.69. The highest BCUT2D eigenvalue weighted by Crippen LogP contribution is 2.48. The van der Waals surface area contributed by atoms with Crippen molar-refractivity contribution in [1.29, 1.82) is 10.5 Å². The summed E-state index contributed by atoms with van der Waals surface area (Å²) in [6.07, 6.45) is 16.6. The summed E-state index contributed by atoms with van der Waals surface area (Å²) in [6, 6.07) is 4.02. The topological polar surface area (TPSA) is 64.7 Å². The zero-order valence-electron chi connectivity index (χ0n) is 10.4. The predicted molar refractivity (Wildman–Crippen MR) is 84.1 cm³/mol. The number of carbonyl (C=O) groups excluding carboxylic acids is 1. The Labute approximate surface area is 126 Å². The van der Waals surface area contributed by atoms with Gasteiger partial charge in [0, 0.05) is 0 Å². The fourth-order valence-corrected chi connectivity index (χ4v) is 3.07. The summed E-state index contributed by atoms with van der Waals surface area (Å²) in [4.78, 5) is 10.9. The van der Waals surface area contributed by atoms with E-state index in [1.165, 1.54) is 29.6 Å². The fraction of sp³-hybridized carbons (Fsp3) is 0. The Morgan fingerprint density at radius 1 is 0.750 bits per heavy atom. The molecule has 1 aliphatic heterocycles. The Bertz CT molecular complexity index is 595. The summed E-state index contributed by atoms with van der Waals surface area (Å²) < 4.78 is 0.909. The molecule has 1 aliphatic rings. The van der Waals surface area contributed by atoms with Gasteiger partial charge in [0.2, 0.25) is 0 Å². The molecule has 20 heavy (non-hydrogen) atoms. The molecule has 0 saturated carbocycles. The molecule has 0 radical (unpaired) electrons. The van der Waals surface area contributed by atoms with Crippen LogP contribution < -0.4 is 0 Å². The second-order valence-electron chi connectivity index (χ2n) is 3.25. The molecule has 0 aliphatic carbocycles. The van der Waals surface area contributed by atoms with Crippen LogP contribution >= 0.6 is 23.5 Å². The van der Waals surface area contributed by atoms with E-state index in [2.05, 4.69) is 0 Å². The molecule has 0 bridgehead atoms. The number of hydrogen-bond acceptors (Lipinski definition) is 5. The SMILES string of the molecule is N#CC1=C(C#N)SC(=C/C=C/C=C/C=C/C=C/C=O)S1. The minimum absolute atomic E-state index is 0.456. The van der Waals surface area contributed by atoms with E-state index in [0.29, 0.717) is 9.81 Å². The molecule has 0 amide bonds. The molecule has 0 atom stereocenters. The summed E-state index contributed by atoms with van der Waals surface area (Å²) in [5.41, 5.74) is 0. The first-order chi connectivity index (χ1) is 9.81. The fourth-order valence-electron chi connectivity index (χ4n) is 1.09. The molecule has 0 aromatic rings. The van der Waals surface area contributed by atoms with Gasteiger partial charge in [0.15, 0.2) is 0 Å². The third-order valence-electron chi connectivity index (χ3n) is 1.90. The molecule has 0 saturated heterocycles. The van der Waals surface area contributed by atoms with Crippen LogP contribution in [0.5, 0.6) is 0 Å². The van der Waals surface area contributed by atoms with E-state index in [0.717, 1.165) is 10.5 Å². The Morgan fingerprint density at radius 3 is 1.65 bits per heavy atom. The molecular formula is C15H10N2OS2. The van der Waals surface area contributed by atoms with Crippen molar-refractivity contribution < 1.29 is 4.79 Å². The van der Waals surface area contributed by atoms with Crippen molar-refractivity contribution in [2.75, 3.05) is 0 Å². The maximum absolute atomic E-state index is 9.99. The van der Waals surface area contributed by atoms with Crippen LogP contribution in [0.25, 0.3) is 0 Å². The van der Waals surface area contributed by atoms with E-state index < -0.39 is 0 Å². The van der Waals surface area contributed by atoms with E-state index in [4.69, 9.17) is 10.5 Å². The molecule has 1 rings (SSSR count). The summed E-state index contributed by atoms with van der Waals surface area (Å²) in [6.45, 7) is 0. The lowest BCUT2D eigenvalue weighted by Crippen LogP contribution is -1.66. The third-order valence-corrected chi connectivity index (χ3v) is 4.21. The van der Waals surface area contributed by atoms with Crippen LogP contribution in [0.2, 0.25) is 0 Å². The Balaban J connectivity index is 2.45. The van der Waals surface area contributed by atoms with E-state index >= 15 is 0 Å². The number of nitriles is 2. The van der Waals surface area contributed by atoms with Gasteiger partial charge in [-0.1, -0.05) is 66.1 Å². The minimum Gasteiger partial charge on any atom is -0.299 e. The largest absolute Gasteiger partial charge is 0.299 e. The molecule has 5 heteroatoms. The van der Waals surface area contributed by atoms with Crippen molar-refractivity contribution in [2.45, 2.75) is 0 Å². The van der Waals surface area contributed by atoms with Crippen LogP contribution in [0, 0.1) is 22.7 Å². The monoisotopic (exact) mass is 298 g/mol. The number of hydrogen-bond donors (Lipinski definition) is 0. The van der Waals surface area contributed by atoms with E-state index in [1.54, 1.807) is 18.2 Å². The molecule has 0 spiro atoms. The first kappa shape index (κ1) is 15.8. The molecule has 1 heterocycles. The first-order valence-electron chi connectivity index (χ1n) is 5.54. The lowest BCUT2D eigenvalue weighted by Gasteiger charge is -1.88. The molecule has 0 aromatic carbocycles. The van der Waals surface area contributed by atoms with Gasteiger partial charge in [-0.05, 0) is 12.2 Å². The van der Waals surface area contributed by atoms with Gasteiger partial charge in [0.25, 0.3) is 0 Å². The Hall–Kier alpha value is -2.21. The highest BCUT2D eigenvalue weighted by Gasteiger charge is 2.19. The normalized spacial score (nSPS) is 15.6. The van der Waals surface area contributed by atoms with Crippen LogP contribution in [0.4, 0.5) is 0 Å². The molecule has 0 N–H and O–H groups in total. The van der Waals surface area contributed by atoms with Crippen molar-refractivity contribution in [3.05, 3.63) is 68.7 Å². The molecule has 0 fully saturated rings. The highest BCUT2D eigenvalue weighted by atomic mass is 32.2. The van der Waals surface area contributed by atoms with Gasteiger partial charge in [-0.15, -0.1) is 0 Å². The van der Waals surface area contributed by atoms with Crippen molar-refractivity contribution in [3.63, 3.8) is 0 Å². The van der Waals surface area contributed by atoms with Gasteiger partial charge in [-0.2, -0.15) is 10.5 Å². The average Bonchev–Trinajstić information content (AvgIpc) is 2.88. The average molecular weight is 298 g/mol. The van der Waals surface area contributed by atoms with Crippen LogP contribution in [0.1, 0.15) is 0 Å². The predicted octanol–water partition coefficient (Wildman–Crippen LogP) is 3.99. The molecule has 0 unspecified atom stereocenters. The maximum atomic E-state index is 9.99. The van der Waals surface area contributed by atoms with Crippen LogP contribution in [-0.2, 0) is 4.79 Å². The van der Waals surface area contributed by atoms with Gasteiger partial charge < -0.3 is 0 Å². The van der Waals surface area contributed by atoms with Gasteiger partial charge in [-0.25, -0.2) is 0 Å².